The zero-order valence-electron chi connectivity index (χ0n) is 4.51. The highest BCUT2D eigenvalue weighted by Gasteiger charge is 2.20. The maximum atomic E-state index is 8.82. The Kier molecular flexibility index (Phi) is 2.11. The van der Waals surface area contributed by atoms with E-state index in [1.807, 2.05) is 0 Å². The van der Waals surface area contributed by atoms with Gasteiger partial charge in [0.1, 0.15) is 0 Å². The fourth-order valence-corrected chi connectivity index (χ4v) is 0.956. The number of alkyl halides is 1. The standard InChI is InChI=1S/C5H9ClO2/c6-4-2-1-3-8-5(4)7/h4-5,7H,1-3H2/t4-,5+/m0/s1. The molecule has 8 heavy (non-hydrogen) atoms. The third-order valence-corrected chi connectivity index (χ3v) is 1.66. The molecule has 1 N–H and O–H groups in total. The van der Waals surface area contributed by atoms with E-state index in [4.69, 9.17) is 21.4 Å². The summed E-state index contributed by atoms with van der Waals surface area (Å²) in [7, 11) is 0. The lowest BCUT2D eigenvalue weighted by atomic mass is 10.2. The molecule has 0 spiro atoms. The van der Waals surface area contributed by atoms with Gasteiger partial charge in [0.2, 0.25) is 0 Å². The molecule has 2 atom stereocenters. The van der Waals surface area contributed by atoms with Gasteiger partial charge in [-0.1, -0.05) is 0 Å². The van der Waals surface area contributed by atoms with Crippen LogP contribution in [0.4, 0.5) is 0 Å². The van der Waals surface area contributed by atoms with Crippen LogP contribution >= 0.6 is 11.6 Å². The van der Waals surface area contributed by atoms with Gasteiger partial charge < -0.3 is 9.84 Å². The van der Waals surface area contributed by atoms with Gasteiger partial charge in [-0.3, -0.25) is 0 Å². The predicted molar refractivity (Wildman–Crippen MR) is 30.8 cm³/mol. The summed E-state index contributed by atoms with van der Waals surface area (Å²) in [5, 5.41) is 8.63. The van der Waals surface area contributed by atoms with Crippen molar-refractivity contribution in [2.75, 3.05) is 6.61 Å². The van der Waals surface area contributed by atoms with Crippen LogP contribution in [0.15, 0.2) is 0 Å². The average molecular weight is 137 g/mol. The molecule has 0 bridgehead atoms. The zero-order valence-corrected chi connectivity index (χ0v) is 5.27. The molecule has 0 aromatic rings. The first-order valence-electron chi connectivity index (χ1n) is 2.74. The smallest absolute Gasteiger partial charge is 0.170 e. The summed E-state index contributed by atoms with van der Waals surface area (Å²) in [6.45, 7) is 0.643. The second-order valence-corrected chi connectivity index (χ2v) is 2.48. The van der Waals surface area contributed by atoms with Gasteiger partial charge >= 0.3 is 0 Å². The van der Waals surface area contributed by atoms with Crippen LogP contribution in [0.1, 0.15) is 12.8 Å². The summed E-state index contributed by atoms with van der Waals surface area (Å²) < 4.78 is 4.81. The van der Waals surface area contributed by atoms with Crippen molar-refractivity contribution in [1.82, 2.24) is 0 Å². The van der Waals surface area contributed by atoms with Crippen LogP contribution in [0.2, 0.25) is 0 Å². The predicted octanol–water partition coefficient (Wildman–Crippen LogP) is 0.723. The Hall–Kier alpha value is 0.210. The summed E-state index contributed by atoms with van der Waals surface area (Å²) in [6.07, 6.45) is 1.10. The van der Waals surface area contributed by atoms with Crippen molar-refractivity contribution >= 4 is 11.6 Å². The van der Waals surface area contributed by atoms with Crippen molar-refractivity contribution in [3.8, 4) is 0 Å². The molecule has 0 aromatic heterocycles. The van der Waals surface area contributed by atoms with Gasteiger partial charge in [-0.15, -0.1) is 11.6 Å². The largest absolute Gasteiger partial charge is 0.367 e. The number of aliphatic hydroxyl groups is 1. The average Bonchev–Trinajstić information content (AvgIpc) is 1.77. The third-order valence-electron chi connectivity index (χ3n) is 1.22. The van der Waals surface area contributed by atoms with E-state index in [1.165, 1.54) is 0 Å². The van der Waals surface area contributed by atoms with Gasteiger partial charge in [0.25, 0.3) is 0 Å². The van der Waals surface area contributed by atoms with E-state index in [0.29, 0.717) is 6.61 Å². The molecule has 1 aliphatic heterocycles. The van der Waals surface area contributed by atoms with Crippen molar-refractivity contribution in [1.29, 1.82) is 0 Å². The van der Waals surface area contributed by atoms with Crippen molar-refractivity contribution in [3.63, 3.8) is 0 Å². The summed E-state index contributed by atoms with van der Waals surface area (Å²) in [4.78, 5) is 0. The summed E-state index contributed by atoms with van der Waals surface area (Å²) in [5.41, 5.74) is 0. The van der Waals surface area contributed by atoms with Gasteiger partial charge in [0.05, 0.1) is 5.38 Å². The fourth-order valence-electron chi connectivity index (χ4n) is 0.729. The van der Waals surface area contributed by atoms with Crippen molar-refractivity contribution in [3.05, 3.63) is 0 Å². The molecule has 0 radical (unpaired) electrons. The van der Waals surface area contributed by atoms with Crippen molar-refractivity contribution in [2.45, 2.75) is 24.5 Å². The molecule has 3 heteroatoms. The Morgan fingerprint density at radius 1 is 1.62 bits per heavy atom. The number of aliphatic hydroxyl groups excluding tert-OH is 1. The van der Waals surface area contributed by atoms with Gasteiger partial charge in [0.15, 0.2) is 6.29 Å². The van der Waals surface area contributed by atoms with Crippen LogP contribution in [0.3, 0.4) is 0 Å². The Balaban J connectivity index is 2.28. The van der Waals surface area contributed by atoms with E-state index in [9.17, 15) is 0 Å². The zero-order chi connectivity index (χ0) is 5.98. The highest BCUT2D eigenvalue weighted by Crippen LogP contribution is 2.16. The molecule has 1 fully saturated rings. The molecule has 48 valence electrons. The number of halogens is 1. The topological polar surface area (TPSA) is 29.5 Å². The normalized spacial score (nSPS) is 39.8. The van der Waals surface area contributed by atoms with Gasteiger partial charge in [-0.25, -0.2) is 0 Å². The van der Waals surface area contributed by atoms with Gasteiger partial charge in [0, 0.05) is 6.61 Å². The van der Waals surface area contributed by atoms with Gasteiger partial charge in [-0.05, 0) is 12.8 Å². The van der Waals surface area contributed by atoms with Crippen LogP contribution in [0.5, 0.6) is 0 Å². The summed E-state index contributed by atoms with van der Waals surface area (Å²) in [6, 6.07) is 0. The highest BCUT2D eigenvalue weighted by atomic mass is 35.5. The molecule has 0 unspecified atom stereocenters. The summed E-state index contributed by atoms with van der Waals surface area (Å²) in [5.74, 6) is 0. The number of hydrogen-bond acceptors (Lipinski definition) is 2. The molecule has 1 saturated heterocycles. The first-order valence-corrected chi connectivity index (χ1v) is 3.18. The molecule has 0 amide bonds. The second-order valence-electron chi connectivity index (χ2n) is 1.92. The molecule has 1 heterocycles. The summed E-state index contributed by atoms with van der Waals surface area (Å²) >= 11 is 5.59. The van der Waals surface area contributed by atoms with E-state index in [1.54, 1.807) is 0 Å². The van der Waals surface area contributed by atoms with E-state index in [-0.39, 0.29) is 5.38 Å². The molecule has 1 aliphatic rings. The molecular formula is C5H9ClO2. The molecule has 0 saturated carbocycles. The maximum absolute atomic E-state index is 8.82. The van der Waals surface area contributed by atoms with E-state index in [2.05, 4.69) is 0 Å². The lowest BCUT2D eigenvalue weighted by molar-refractivity contribution is -0.120. The molecule has 2 nitrogen and oxygen atoms in total. The lowest BCUT2D eigenvalue weighted by Gasteiger charge is -2.22. The van der Waals surface area contributed by atoms with Crippen LogP contribution in [0.25, 0.3) is 0 Å². The molecule has 0 aromatic carbocycles. The number of rotatable bonds is 0. The quantitative estimate of drug-likeness (QED) is 0.498. The Labute approximate surface area is 53.4 Å². The van der Waals surface area contributed by atoms with Gasteiger partial charge in [-0.2, -0.15) is 0 Å². The number of hydrogen-bond donors (Lipinski definition) is 1. The minimum absolute atomic E-state index is 0.191. The van der Waals surface area contributed by atoms with Crippen molar-refractivity contribution < 1.29 is 9.84 Å². The monoisotopic (exact) mass is 136 g/mol. The van der Waals surface area contributed by atoms with Crippen LogP contribution in [-0.4, -0.2) is 23.4 Å². The fraction of sp³-hybridized carbons (Fsp3) is 1.00. The second kappa shape index (κ2) is 2.67. The Morgan fingerprint density at radius 3 is 2.75 bits per heavy atom. The molecule has 1 rings (SSSR count). The third kappa shape index (κ3) is 1.34. The van der Waals surface area contributed by atoms with E-state index < -0.39 is 6.29 Å². The Morgan fingerprint density at radius 2 is 2.38 bits per heavy atom. The van der Waals surface area contributed by atoms with Crippen LogP contribution in [-0.2, 0) is 4.74 Å². The van der Waals surface area contributed by atoms with E-state index in [0.717, 1.165) is 12.8 Å². The van der Waals surface area contributed by atoms with Crippen molar-refractivity contribution in [2.24, 2.45) is 0 Å². The van der Waals surface area contributed by atoms with E-state index >= 15 is 0 Å². The number of ether oxygens (including phenoxy) is 1. The molecule has 0 aliphatic carbocycles. The maximum Gasteiger partial charge on any atom is 0.170 e. The Bertz CT molecular complexity index is 66.8. The van der Waals surface area contributed by atoms with Crippen LogP contribution < -0.4 is 0 Å². The minimum atomic E-state index is -0.731. The minimum Gasteiger partial charge on any atom is -0.367 e. The first kappa shape index (κ1) is 6.33. The lowest BCUT2D eigenvalue weighted by Crippen LogP contribution is -2.29. The SMILES string of the molecule is O[C@@H]1OCCC[C@@H]1Cl. The first-order chi connectivity index (χ1) is 3.80. The van der Waals surface area contributed by atoms with Crippen LogP contribution in [0, 0.1) is 0 Å². The highest BCUT2D eigenvalue weighted by molar-refractivity contribution is 6.20. The molecular weight excluding hydrogens is 128 g/mol.